The third kappa shape index (κ3) is 11.5. The lowest BCUT2D eigenvalue weighted by Crippen LogP contribution is -2.60. The van der Waals surface area contributed by atoms with Crippen LogP contribution < -0.4 is 24.8 Å². The normalized spacial score (nSPS) is 28.7. The number of alkyl carbamates (subject to hydrolysis) is 1. The van der Waals surface area contributed by atoms with Crippen LogP contribution in [-0.2, 0) is 49.8 Å². The molecule has 4 heterocycles. The molecule has 2 aromatic rings. The Morgan fingerprint density at radius 1 is 1.01 bits per heavy atom. The molecule has 1 aromatic carbocycles. The van der Waals surface area contributed by atoms with Gasteiger partial charge in [0.25, 0.3) is 5.91 Å². The summed E-state index contributed by atoms with van der Waals surface area (Å²) in [6.45, 7) is 13.8. The molecule has 0 unspecified atom stereocenters. The number of fused-ring (bicyclic) bond motifs is 5. The number of sulfonamides is 1. The van der Waals surface area contributed by atoms with Crippen LogP contribution in [0.1, 0.15) is 97.0 Å². The molecule has 5 fully saturated rings. The summed E-state index contributed by atoms with van der Waals surface area (Å²) in [6, 6.07) is 5.46. The molecule has 7 atom stereocenters. The van der Waals surface area contributed by atoms with E-state index in [1.54, 1.807) is 0 Å². The number of aromatic nitrogens is 1. The Kier molecular flexibility index (Phi) is 15.8. The molecule has 8 rings (SSSR count). The Morgan fingerprint density at radius 2 is 1.78 bits per heavy atom. The molecule has 2 saturated heterocycles. The summed E-state index contributed by atoms with van der Waals surface area (Å²) >= 11 is 0. The van der Waals surface area contributed by atoms with Gasteiger partial charge in [-0.1, -0.05) is 51.8 Å². The van der Waals surface area contributed by atoms with Gasteiger partial charge in [0, 0.05) is 44.5 Å². The SMILES string of the molecule is C=C[C@@H]1C[C@]1(NC(=O)[C@@H]1C[C@@H]2CN1C(=O)[C@H](C(C)(C)C)NC(=O)O[C@@H]1CCC[C@H]1CCCCCc1c(nc3ccccc3c1OCCN1CCOCC1)O2)C(=O)NS(=O)(=O)C1(COCCOC)CC1. The number of pyridine rings is 1. The van der Waals surface area contributed by atoms with Crippen molar-refractivity contribution in [1.29, 1.82) is 0 Å². The molecule has 4 amide bonds. The molecule has 3 N–H and O–H groups in total. The van der Waals surface area contributed by atoms with E-state index in [0.717, 1.165) is 69.0 Å². The second-order valence-corrected chi connectivity index (χ2v) is 23.0. The minimum atomic E-state index is -4.23. The number of para-hydroxylation sites is 1. The summed E-state index contributed by atoms with van der Waals surface area (Å²) in [5.74, 6) is -1.45. The van der Waals surface area contributed by atoms with Crippen LogP contribution in [0.15, 0.2) is 36.9 Å². The first-order valence-corrected chi connectivity index (χ1v) is 26.4. The van der Waals surface area contributed by atoms with Crippen molar-refractivity contribution in [2.75, 3.05) is 72.9 Å². The summed E-state index contributed by atoms with van der Waals surface area (Å²) in [7, 11) is -2.72. The second kappa shape index (κ2) is 21.4. The van der Waals surface area contributed by atoms with Crippen LogP contribution in [0.5, 0.6) is 11.6 Å². The maximum Gasteiger partial charge on any atom is 0.408 e. The number of methoxy groups -OCH3 is 1. The fourth-order valence-electron chi connectivity index (χ4n) is 10.5. The van der Waals surface area contributed by atoms with E-state index in [9.17, 15) is 22.8 Å². The summed E-state index contributed by atoms with van der Waals surface area (Å²) in [6.07, 6.45) is 7.27. The summed E-state index contributed by atoms with van der Waals surface area (Å²) in [5.41, 5.74) is -1.00. The van der Waals surface area contributed by atoms with E-state index in [2.05, 4.69) is 26.8 Å². The van der Waals surface area contributed by atoms with E-state index in [1.165, 1.54) is 18.1 Å². The van der Waals surface area contributed by atoms with Crippen LogP contribution in [0.2, 0.25) is 0 Å². The molecule has 0 radical (unpaired) electrons. The van der Waals surface area contributed by atoms with Gasteiger partial charge in [0.15, 0.2) is 0 Å². The van der Waals surface area contributed by atoms with Gasteiger partial charge >= 0.3 is 6.09 Å². The molecule has 1 aromatic heterocycles. The van der Waals surface area contributed by atoms with Crippen molar-refractivity contribution in [2.45, 2.75) is 132 Å². The molecule has 3 saturated carbocycles. The number of amides is 4. The Hall–Kier alpha value is -4.56. The molecule has 6 aliphatic rings. The minimum Gasteiger partial charge on any atom is -0.491 e. The van der Waals surface area contributed by atoms with Crippen molar-refractivity contribution in [1.82, 2.24) is 30.1 Å². The molecule has 3 aliphatic carbocycles. The van der Waals surface area contributed by atoms with Gasteiger partial charge < -0.3 is 44.0 Å². The maximum absolute atomic E-state index is 15.1. The number of hydrogen-bond donors (Lipinski definition) is 3. The van der Waals surface area contributed by atoms with E-state index in [-0.39, 0.29) is 51.2 Å². The van der Waals surface area contributed by atoms with Gasteiger partial charge in [-0.25, -0.2) is 18.2 Å². The van der Waals surface area contributed by atoms with Crippen LogP contribution in [0.4, 0.5) is 4.79 Å². The first kappa shape index (κ1) is 50.8. The van der Waals surface area contributed by atoms with Crippen molar-refractivity contribution in [2.24, 2.45) is 17.3 Å². The topological polar surface area (TPSA) is 213 Å². The summed E-state index contributed by atoms with van der Waals surface area (Å²) in [4.78, 5) is 66.7. The molecule has 19 heteroatoms. The highest BCUT2D eigenvalue weighted by Gasteiger charge is 2.64. The standard InChI is InChI=1S/C50H72N6O12S/c1-6-34-30-50(34,46(59)54-69(61,62)49(19-20-49)32-65-28-27-63-5)53-43(57)39-29-35-31-56(39)45(58)42(48(2,3)4)52-47(60)68-40-18-12-14-33(40)13-8-7-9-16-37-41(66-26-23-55-21-24-64-25-22-55)36-15-10-11-17-38(36)51-44(37)67-35/h6,10-11,15,17,33-35,39-40,42H,1,7-9,12-14,16,18-32H2,2-5H3,(H,52,60)(H,53,57)(H,54,59)/t33-,34-,35-,39+,40-,42-,50-/m1/s1. The van der Waals surface area contributed by atoms with Crippen LogP contribution in [0, 0.1) is 17.3 Å². The quantitative estimate of drug-likeness (QED) is 0.167. The highest BCUT2D eigenvalue weighted by Crippen LogP contribution is 2.48. The lowest BCUT2D eigenvalue weighted by Gasteiger charge is -2.35. The van der Waals surface area contributed by atoms with Crippen LogP contribution in [0.25, 0.3) is 10.9 Å². The van der Waals surface area contributed by atoms with Gasteiger partial charge in [-0.2, -0.15) is 0 Å². The Bertz CT molecular complexity index is 2320. The minimum absolute atomic E-state index is 0.000479. The van der Waals surface area contributed by atoms with E-state index in [0.29, 0.717) is 62.8 Å². The Labute approximate surface area is 406 Å². The number of rotatable bonds is 15. The van der Waals surface area contributed by atoms with Gasteiger partial charge in [0.1, 0.15) is 46.9 Å². The highest BCUT2D eigenvalue weighted by molar-refractivity contribution is 7.91. The van der Waals surface area contributed by atoms with Crippen LogP contribution in [-0.4, -0.2) is 155 Å². The Morgan fingerprint density at radius 3 is 2.51 bits per heavy atom. The lowest BCUT2D eigenvalue weighted by molar-refractivity contribution is -0.143. The van der Waals surface area contributed by atoms with Gasteiger partial charge in [0.05, 0.1) is 50.7 Å². The third-order valence-electron chi connectivity index (χ3n) is 15.0. The highest BCUT2D eigenvalue weighted by atomic mass is 32.2. The molecule has 18 nitrogen and oxygen atoms in total. The predicted molar refractivity (Wildman–Crippen MR) is 256 cm³/mol. The fraction of sp³-hybridized carbons (Fsp3) is 0.700. The molecule has 380 valence electrons. The molecule has 69 heavy (non-hydrogen) atoms. The van der Waals surface area contributed by atoms with Crippen molar-refractivity contribution < 1.29 is 56.0 Å². The number of carbonyl (C=O) groups excluding carboxylic acids is 4. The predicted octanol–water partition coefficient (Wildman–Crippen LogP) is 4.42. The first-order chi connectivity index (χ1) is 33.1. The summed E-state index contributed by atoms with van der Waals surface area (Å²) in [5, 5.41) is 6.64. The number of morpholine rings is 1. The second-order valence-electron chi connectivity index (χ2n) is 20.9. The molecular formula is C50H72N6O12S. The monoisotopic (exact) mass is 980 g/mol. The fourth-order valence-corrected chi connectivity index (χ4v) is 12.0. The average Bonchev–Trinajstić information content (AvgIpc) is 4.17. The first-order valence-electron chi connectivity index (χ1n) is 24.9. The van der Waals surface area contributed by atoms with Crippen molar-refractivity contribution in [3.05, 3.63) is 42.5 Å². The molecule has 3 aliphatic heterocycles. The number of carbonyl (C=O) groups is 4. The Balaban J connectivity index is 1.11. The number of benzene rings is 1. The van der Waals surface area contributed by atoms with E-state index >= 15 is 4.79 Å². The number of nitrogens with one attached hydrogen (secondary N) is 3. The van der Waals surface area contributed by atoms with E-state index < -0.39 is 73.6 Å². The van der Waals surface area contributed by atoms with Gasteiger partial charge in [0.2, 0.25) is 27.7 Å². The van der Waals surface area contributed by atoms with E-state index in [4.69, 9.17) is 33.4 Å². The zero-order valence-corrected chi connectivity index (χ0v) is 41.6. The molecular weight excluding hydrogens is 909 g/mol. The van der Waals surface area contributed by atoms with Crippen molar-refractivity contribution in [3.8, 4) is 11.6 Å². The van der Waals surface area contributed by atoms with Gasteiger partial charge in [-0.05, 0) is 81.3 Å². The molecule has 2 bridgehead atoms. The smallest absolute Gasteiger partial charge is 0.408 e. The van der Waals surface area contributed by atoms with Crippen molar-refractivity contribution >= 4 is 44.7 Å². The summed E-state index contributed by atoms with van der Waals surface area (Å²) < 4.78 is 64.4. The number of hydrogen-bond acceptors (Lipinski definition) is 14. The van der Waals surface area contributed by atoms with Crippen LogP contribution in [0.3, 0.4) is 0 Å². The zero-order chi connectivity index (χ0) is 49.0. The number of ether oxygens (including phenoxy) is 6. The van der Waals surface area contributed by atoms with Crippen molar-refractivity contribution in [3.63, 3.8) is 0 Å². The largest absolute Gasteiger partial charge is 0.491 e. The maximum atomic E-state index is 15.1. The zero-order valence-electron chi connectivity index (χ0n) is 40.8. The molecule has 0 spiro atoms. The van der Waals surface area contributed by atoms with E-state index in [1.807, 2.05) is 45.0 Å². The van der Waals surface area contributed by atoms with Crippen LogP contribution >= 0.6 is 0 Å². The number of nitrogens with zero attached hydrogens (tertiary/aromatic N) is 3. The van der Waals surface area contributed by atoms with Gasteiger partial charge in [-0.15, -0.1) is 6.58 Å². The average molecular weight is 981 g/mol. The van der Waals surface area contributed by atoms with Gasteiger partial charge in [-0.3, -0.25) is 24.0 Å². The lowest BCUT2D eigenvalue weighted by atomic mass is 9.85. The third-order valence-corrected chi connectivity index (χ3v) is 17.1.